The molecule has 1 N–H and O–H groups in total. The van der Waals surface area contributed by atoms with Crippen LogP contribution in [0, 0.1) is 10.1 Å². The van der Waals surface area contributed by atoms with Crippen LogP contribution in [0.1, 0.15) is 0 Å². The van der Waals surface area contributed by atoms with Crippen molar-refractivity contribution < 1.29 is 14.5 Å². The zero-order valence-corrected chi connectivity index (χ0v) is 17.0. The first-order valence-electron chi connectivity index (χ1n) is 8.82. The number of rotatable bonds is 6. The Balaban J connectivity index is 1.53. The Morgan fingerprint density at radius 1 is 1.21 bits per heavy atom. The quantitative estimate of drug-likeness (QED) is 0.539. The lowest BCUT2D eigenvalue weighted by molar-refractivity contribution is -0.384. The van der Waals surface area contributed by atoms with E-state index in [0.29, 0.717) is 10.2 Å². The summed E-state index contributed by atoms with van der Waals surface area (Å²) in [4.78, 5) is 27.0. The molecular weight excluding hydrogens is 428 g/mol. The highest BCUT2D eigenvalue weighted by atomic mass is 79.9. The molecule has 0 bridgehead atoms. The monoisotopic (exact) mass is 448 g/mol. The Hall–Kier alpha value is -2.65. The zero-order chi connectivity index (χ0) is 20.1. The van der Waals surface area contributed by atoms with Crippen molar-refractivity contribution in [3.8, 4) is 5.75 Å². The average Bonchev–Trinajstić information content (AvgIpc) is 2.70. The van der Waals surface area contributed by atoms with Gasteiger partial charge in [-0.2, -0.15) is 0 Å². The minimum atomic E-state index is -0.475. The minimum Gasteiger partial charge on any atom is -0.495 e. The van der Waals surface area contributed by atoms with Gasteiger partial charge in [-0.15, -0.1) is 0 Å². The lowest BCUT2D eigenvalue weighted by atomic mass is 10.2. The molecule has 1 heterocycles. The molecule has 8 nitrogen and oxygen atoms in total. The van der Waals surface area contributed by atoms with Crippen LogP contribution in [0.2, 0.25) is 0 Å². The van der Waals surface area contributed by atoms with Gasteiger partial charge in [-0.1, -0.05) is 12.1 Å². The number of benzene rings is 2. The van der Waals surface area contributed by atoms with Crippen LogP contribution in [-0.4, -0.2) is 55.6 Å². The topological polar surface area (TPSA) is 88.0 Å². The highest BCUT2D eigenvalue weighted by Crippen LogP contribution is 2.29. The fourth-order valence-electron chi connectivity index (χ4n) is 3.15. The Morgan fingerprint density at radius 3 is 2.57 bits per heavy atom. The van der Waals surface area contributed by atoms with Gasteiger partial charge in [0.1, 0.15) is 5.75 Å². The van der Waals surface area contributed by atoms with E-state index < -0.39 is 4.92 Å². The molecular formula is C19H21BrN4O4. The summed E-state index contributed by atoms with van der Waals surface area (Å²) in [5, 5.41) is 13.6. The maximum Gasteiger partial charge on any atom is 0.270 e. The molecule has 1 fully saturated rings. The van der Waals surface area contributed by atoms with Gasteiger partial charge in [0.05, 0.1) is 30.0 Å². The maximum absolute atomic E-state index is 12.4. The molecule has 0 spiro atoms. The van der Waals surface area contributed by atoms with E-state index in [1.54, 1.807) is 7.11 Å². The number of hydrogen-bond acceptors (Lipinski definition) is 6. The molecule has 28 heavy (non-hydrogen) atoms. The smallest absolute Gasteiger partial charge is 0.270 e. The second kappa shape index (κ2) is 9.03. The van der Waals surface area contributed by atoms with Crippen molar-refractivity contribution in [2.75, 3.05) is 50.1 Å². The van der Waals surface area contributed by atoms with Gasteiger partial charge in [0.2, 0.25) is 5.91 Å². The number of carbonyl (C=O) groups excluding carboxylic acids is 1. The molecule has 1 aliphatic heterocycles. The minimum absolute atomic E-state index is 0.0302. The number of ether oxygens (including phenoxy) is 1. The largest absolute Gasteiger partial charge is 0.495 e. The predicted octanol–water partition coefficient (Wildman–Crippen LogP) is 3.13. The Kier molecular flexibility index (Phi) is 6.48. The van der Waals surface area contributed by atoms with Gasteiger partial charge in [-0.3, -0.25) is 19.8 Å². The predicted molar refractivity (Wildman–Crippen MR) is 111 cm³/mol. The maximum atomic E-state index is 12.4. The van der Waals surface area contributed by atoms with Gasteiger partial charge < -0.3 is 15.0 Å². The van der Waals surface area contributed by atoms with Crippen LogP contribution in [0.4, 0.5) is 17.1 Å². The Morgan fingerprint density at radius 2 is 1.93 bits per heavy atom. The summed E-state index contributed by atoms with van der Waals surface area (Å²) in [6, 6.07) is 12.2. The Labute approximate surface area is 171 Å². The second-order valence-corrected chi connectivity index (χ2v) is 7.26. The summed E-state index contributed by atoms with van der Waals surface area (Å²) >= 11 is 3.27. The van der Waals surface area contributed by atoms with Crippen molar-refractivity contribution in [2.45, 2.75) is 0 Å². The number of nitrogens with one attached hydrogen (secondary N) is 1. The van der Waals surface area contributed by atoms with Gasteiger partial charge in [-0.05, 0) is 34.1 Å². The van der Waals surface area contributed by atoms with Crippen molar-refractivity contribution in [1.29, 1.82) is 0 Å². The summed E-state index contributed by atoms with van der Waals surface area (Å²) in [5.74, 6) is 0.692. The number of non-ortho nitro benzene ring substituents is 1. The van der Waals surface area contributed by atoms with E-state index in [1.807, 2.05) is 24.3 Å². The molecule has 1 saturated heterocycles. The number of nitrogens with zero attached hydrogens (tertiary/aromatic N) is 3. The number of anilines is 2. The number of amides is 1. The van der Waals surface area contributed by atoms with Gasteiger partial charge in [0.25, 0.3) is 5.69 Å². The van der Waals surface area contributed by atoms with Crippen LogP contribution in [0.3, 0.4) is 0 Å². The Bertz CT molecular complexity index is 869. The van der Waals surface area contributed by atoms with Crippen molar-refractivity contribution in [1.82, 2.24) is 4.90 Å². The van der Waals surface area contributed by atoms with E-state index in [-0.39, 0.29) is 18.1 Å². The van der Waals surface area contributed by atoms with Crippen LogP contribution in [0.5, 0.6) is 5.75 Å². The molecule has 0 aromatic heterocycles. The van der Waals surface area contributed by atoms with E-state index in [1.165, 1.54) is 18.2 Å². The second-order valence-electron chi connectivity index (χ2n) is 6.40. The van der Waals surface area contributed by atoms with Gasteiger partial charge in [0.15, 0.2) is 0 Å². The van der Waals surface area contributed by atoms with Gasteiger partial charge in [0, 0.05) is 42.8 Å². The van der Waals surface area contributed by atoms with Crippen LogP contribution >= 0.6 is 15.9 Å². The summed E-state index contributed by atoms with van der Waals surface area (Å²) in [5.41, 5.74) is 1.55. The van der Waals surface area contributed by atoms with Crippen molar-refractivity contribution >= 4 is 38.9 Å². The number of hydrogen-bond donors (Lipinski definition) is 1. The summed E-state index contributed by atoms with van der Waals surface area (Å²) < 4.78 is 5.91. The highest BCUT2D eigenvalue weighted by Gasteiger charge is 2.21. The molecule has 2 aromatic carbocycles. The van der Waals surface area contributed by atoms with E-state index in [4.69, 9.17) is 4.74 Å². The van der Waals surface area contributed by atoms with Crippen LogP contribution in [-0.2, 0) is 4.79 Å². The molecule has 0 atom stereocenters. The van der Waals surface area contributed by atoms with E-state index in [0.717, 1.165) is 37.6 Å². The fraction of sp³-hybridized carbons (Fsp3) is 0.316. The van der Waals surface area contributed by atoms with E-state index in [9.17, 15) is 14.9 Å². The number of nitro groups is 1. The van der Waals surface area contributed by atoms with Crippen LogP contribution in [0.15, 0.2) is 46.9 Å². The summed E-state index contributed by atoms with van der Waals surface area (Å²) in [7, 11) is 1.66. The van der Waals surface area contributed by atoms with Crippen molar-refractivity contribution in [2.24, 2.45) is 0 Å². The first kappa shape index (κ1) is 20.1. The summed E-state index contributed by atoms with van der Waals surface area (Å²) in [6.45, 7) is 3.38. The fourth-order valence-corrected chi connectivity index (χ4v) is 3.62. The molecule has 0 saturated carbocycles. The molecule has 148 valence electrons. The molecule has 0 aliphatic carbocycles. The number of nitro benzene ring substituents is 1. The number of methoxy groups -OCH3 is 1. The zero-order valence-electron chi connectivity index (χ0n) is 15.4. The van der Waals surface area contributed by atoms with Crippen LogP contribution in [0.25, 0.3) is 0 Å². The van der Waals surface area contributed by atoms with E-state index in [2.05, 4.69) is 31.0 Å². The lowest BCUT2D eigenvalue weighted by Crippen LogP contribution is -2.48. The molecule has 9 heteroatoms. The number of para-hydroxylation sites is 2. The third kappa shape index (κ3) is 4.79. The average molecular weight is 449 g/mol. The van der Waals surface area contributed by atoms with Gasteiger partial charge >= 0.3 is 0 Å². The molecule has 0 radical (unpaired) electrons. The first-order chi connectivity index (χ1) is 13.5. The first-order valence-corrected chi connectivity index (χ1v) is 9.61. The lowest BCUT2D eigenvalue weighted by Gasteiger charge is -2.36. The molecule has 0 unspecified atom stereocenters. The molecule has 2 aromatic rings. The van der Waals surface area contributed by atoms with Crippen molar-refractivity contribution in [3.05, 3.63) is 57.1 Å². The molecule has 1 aliphatic rings. The van der Waals surface area contributed by atoms with Gasteiger partial charge in [-0.25, -0.2) is 0 Å². The number of halogens is 1. The normalized spacial score (nSPS) is 14.6. The molecule has 3 rings (SSSR count). The summed E-state index contributed by atoms with van der Waals surface area (Å²) in [6.07, 6.45) is 0. The number of piperazine rings is 1. The highest BCUT2D eigenvalue weighted by molar-refractivity contribution is 9.10. The standard InChI is InChI=1S/C19H21BrN4O4/c1-28-18-5-3-2-4-17(18)23-10-8-22(9-11-23)13-19(25)21-16-7-6-14(24(26)27)12-15(16)20/h2-7,12H,8-11,13H2,1H3,(H,21,25). The SMILES string of the molecule is COc1ccccc1N1CCN(CC(=O)Nc2ccc([N+](=O)[O-])cc2Br)CC1. The van der Waals surface area contributed by atoms with Crippen molar-refractivity contribution in [3.63, 3.8) is 0 Å². The number of carbonyl (C=O) groups is 1. The third-order valence-corrected chi connectivity index (χ3v) is 5.26. The van der Waals surface area contributed by atoms with Crippen LogP contribution < -0.4 is 15.0 Å². The third-order valence-electron chi connectivity index (χ3n) is 4.60. The molecule has 1 amide bonds. The van der Waals surface area contributed by atoms with E-state index >= 15 is 0 Å².